The maximum absolute atomic E-state index is 12.8. The lowest BCUT2D eigenvalue weighted by atomic mass is 10.2. The fraction of sp³-hybridized carbons (Fsp3) is 0.0435. The fourth-order valence-electron chi connectivity index (χ4n) is 3.39. The lowest BCUT2D eigenvalue weighted by Gasteiger charge is -2.04. The molecule has 0 aliphatic rings. The van der Waals surface area contributed by atoms with Gasteiger partial charge in [-0.05, 0) is 42.5 Å². The van der Waals surface area contributed by atoms with Gasteiger partial charge < -0.3 is 9.84 Å². The van der Waals surface area contributed by atoms with Gasteiger partial charge in [-0.1, -0.05) is 35.0 Å². The van der Waals surface area contributed by atoms with Crippen molar-refractivity contribution in [1.82, 2.24) is 24.3 Å². The number of hydrogen-bond acceptors (Lipinski definition) is 7. The number of benzene rings is 2. The number of amides is 1. The van der Waals surface area contributed by atoms with Crippen LogP contribution in [0.3, 0.4) is 0 Å². The molecule has 0 radical (unpaired) electrons. The van der Waals surface area contributed by atoms with E-state index in [0.717, 1.165) is 4.68 Å². The third-order valence-electron chi connectivity index (χ3n) is 4.92. The monoisotopic (exact) mass is 471 g/mol. The molecule has 0 unspecified atom stereocenters. The topological polar surface area (TPSA) is 131 Å². The molecule has 0 saturated heterocycles. The van der Waals surface area contributed by atoms with Gasteiger partial charge in [0.05, 0.1) is 17.2 Å². The van der Waals surface area contributed by atoms with Gasteiger partial charge in [-0.2, -0.15) is 10.2 Å². The number of nitrogens with one attached hydrogen (secondary N) is 1. The third kappa shape index (κ3) is 4.03. The molecule has 0 bridgehead atoms. The number of nitrogens with zero attached hydrogens (tertiary/aromatic N) is 6. The molecule has 11 heteroatoms. The van der Waals surface area contributed by atoms with Crippen LogP contribution in [0.25, 0.3) is 28.5 Å². The van der Waals surface area contributed by atoms with Crippen molar-refractivity contribution >= 4 is 28.8 Å². The summed E-state index contributed by atoms with van der Waals surface area (Å²) < 4.78 is 7.74. The van der Waals surface area contributed by atoms with Crippen molar-refractivity contribution in [3.8, 4) is 28.9 Å². The van der Waals surface area contributed by atoms with Crippen LogP contribution in [0.2, 0.25) is 5.02 Å². The summed E-state index contributed by atoms with van der Waals surface area (Å²) in [5.74, 6) is 0.0268. The van der Waals surface area contributed by atoms with E-state index in [1.54, 1.807) is 54.6 Å². The van der Waals surface area contributed by atoms with Crippen LogP contribution in [-0.4, -0.2) is 30.2 Å². The van der Waals surface area contributed by atoms with E-state index < -0.39 is 11.6 Å². The van der Waals surface area contributed by atoms with Gasteiger partial charge in [0.1, 0.15) is 6.54 Å². The first-order valence-electron chi connectivity index (χ1n) is 10.00. The Bertz CT molecular complexity index is 1640. The predicted molar refractivity (Wildman–Crippen MR) is 123 cm³/mol. The maximum atomic E-state index is 12.8. The number of carbonyl (C=O) groups is 1. The van der Waals surface area contributed by atoms with Crippen molar-refractivity contribution in [2.45, 2.75) is 6.54 Å². The number of carbonyl (C=O) groups excluding carboxylic acids is 1. The standard InChI is InChI=1S/C23H14ClN7O3/c24-16-6-2-5-15(11-16)20-27-22(34-29-20)18-8-3-9-30-21(18)28-31(23(30)33)13-19(32)26-17-7-1-4-14(10-17)12-25/h1-11H,13H2,(H,26,32). The smallest absolute Gasteiger partial charge is 0.333 e. The fourth-order valence-corrected chi connectivity index (χ4v) is 3.58. The number of pyridine rings is 1. The molecule has 0 saturated carbocycles. The van der Waals surface area contributed by atoms with Gasteiger partial charge in [0.2, 0.25) is 11.7 Å². The van der Waals surface area contributed by atoms with Crippen molar-refractivity contribution in [1.29, 1.82) is 5.26 Å². The summed E-state index contributed by atoms with van der Waals surface area (Å²) in [5, 5.41) is 20.5. The first-order chi connectivity index (χ1) is 16.5. The van der Waals surface area contributed by atoms with Crippen LogP contribution in [-0.2, 0) is 11.3 Å². The highest BCUT2D eigenvalue weighted by Crippen LogP contribution is 2.25. The van der Waals surface area contributed by atoms with E-state index in [9.17, 15) is 9.59 Å². The average molecular weight is 472 g/mol. The first-order valence-corrected chi connectivity index (χ1v) is 10.4. The van der Waals surface area contributed by atoms with E-state index in [0.29, 0.717) is 33.2 Å². The number of nitriles is 1. The number of rotatable bonds is 5. The van der Waals surface area contributed by atoms with Crippen LogP contribution in [0, 0.1) is 11.3 Å². The minimum atomic E-state index is -0.507. The van der Waals surface area contributed by atoms with Crippen LogP contribution in [0.15, 0.2) is 76.2 Å². The van der Waals surface area contributed by atoms with Crippen molar-refractivity contribution in [2.24, 2.45) is 0 Å². The van der Waals surface area contributed by atoms with Crippen molar-refractivity contribution in [2.75, 3.05) is 5.32 Å². The van der Waals surface area contributed by atoms with Gasteiger partial charge in [0, 0.05) is 22.5 Å². The Morgan fingerprint density at radius 3 is 2.82 bits per heavy atom. The molecule has 1 N–H and O–H groups in total. The molecule has 2 aromatic carbocycles. The molecule has 0 aliphatic heterocycles. The van der Waals surface area contributed by atoms with E-state index in [4.69, 9.17) is 21.4 Å². The lowest BCUT2D eigenvalue weighted by Crippen LogP contribution is -2.28. The number of anilines is 1. The molecule has 166 valence electrons. The van der Waals surface area contributed by atoms with E-state index in [2.05, 4.69) is 20.6 Å². The van der Waals surface area contributed by atoms with Gasteiger partial charge >= 0.3 is 5.69 Å². The Balaban J connectivity index is 1.45. The van der Waals surface area contributed by atoms with Crippen LogP contribution < -0.4 is 11.0 Å². The summed E-state index contributed by atoms with van der Waals surface area (Å²) in [5.41, 5.74) is 1.71. The second-order valence-electron chi connectivity index (χ2n) is 7.23. The zero-order chi connectivity index (χ0) is 23.7. The normalized spacial score (nSPS) is 10.8. The Hall–Kier alpha value is -4.75. The minimum Gasteiger partial charge on any atom is -0.333 e. The van der Waals surface area contributed by atoms with Crippen LogP contribution in [0.1, 0.15) is 5.56 Å². The van der Waals surface area contributed by atoms with E-state index in [1.165, 1.54) is 16.7 Å². The quantitative estimate of drug-likeness (QED) is 0.415. The highest BCUT2D eigenvalue weighted by atomic mass is 35.5. The van der Waals surface area contributed by atoms with E-state index >= 15 is 0 Å². The number of halogens is 1. The number of fused-ring (bicyclic) bond motifs is 1. The largest absolute Gasteiger partial charge is 0.350 e. The van der Waals surface area contributed by atoms with Crippen LogP contribution in [0.5, 0.6) is 0 Å². The van der Waals surface area contributed by atoms with E-state index in [1.807, 2.05) is 6.07 Å². The lowest BCUT2D eigenvalue weighted by molar-refractivity contribution is -0.117. The molecule has 3 aromatic heterocycles. The maximum Gasteiger partial charge on any atom is 0.350 e. The molecule has 3 heterocycles. The number of aromatic nitrogens is 5. The molecule has 1 amide bonds. The van der Waals surface area contributed by atoms with Crippen molar-refractivity contribution in [3.05, 3.63) is 87.9 Å². The first kappa shape index (κ1) is 21.1. The Morgan fingerprint density at radius 2 is 2.00 bits per heavy atom. The summed E-state index contributed by atoms with van der Waals surface area (Å²) >= 11 is 6.04. The van der Waals surface area contributed by atoms with Gasteiger partial charge in [0.25, 0.3) is 5.89 Å². The molecule has 0 fully saturated rings. The van der Waals surface area contributed by atoms with Crippen molar-refractivity contribution < 1.29 is 9.32 Å². The summed E-state index contributed by atoms with van der Waals surface area (Å²) in [7, 11) is 0. The molecule has 0 spiro atoms. The SMILES string of the molecule is N#Cc1cccc(NC(=O)Cn2nc3c(-c4nc(-c5cccc(Cl)c5)no4)cccn3c2=O)c1. The zero-order valence-corrected chi connectivity index (χ0v) is 18.1. The zero-order valence-electron chi connectivity index (χ0n) is 17.3. The Morgan fingerprint density at radius 1 is 1.15 bits per heavy atom. The molecular formula is C23H14ClN7O3. The van der Waals surface area contributed by atoms with Crippen molar-refractivity contribution in [3.63, 3.8) is 0 Å². The third-order valence-corrected chi connectivity index (χ3v) is 5.15. The number of hydrogen-bond donors (Lipinski definition) is 1. The molecule has 0 atom stereocenters. The summed E-state index contributed by atoms with van der Waals surface area (Å²) in [6, 6.07) is 18.8. The van der Waals surface area contributed by atoms with E-state index in [-0.39, 0.29) is 18.1 Å². The molecule has 10 nitrogen and oxygen atoms in total. The average Bonchev–Trinajstić information content (AvgIpc) is 3.45. The Labute approximate surface area is 196 Å². The second kappa shape index (κ2) is 8.65. The summed E-state index contributed by atoms with van der Waals surface area (Å²) in [4.78, 5) is 29.7. The van der Waals surface area contributed by atoms with Gasteiger partial charge in [-0.3, -0.25) is 4.79 Å². The molecule has 34 heavy (non-hydrogen) atoms. The van der Waals surface area contributed by atoms with Gasteiger partial charge in [-0.25, -0.2) is 13.9 Å². The highest BCUT2D eigenvalue weighted by molar-refractivity contribution is 6.30. The van der Waals surface area contributed by atoms with Gasteiger partial charge in [0.15, 0.2) is 5.65 Å². The molecule has 5 aromatic rings. The van der Waals surface area contributed by atoms with Crippen LogP contribution in [0.4, 0.5) is 5.69 Å². The minimum absolute atomic E-state index is 0.162. The summed E-state index contributed by atoms with van der Waals surface area (Å²) in [6.45, 7) is -0.325. The molecular weight excluding hydrogens is 458 g/mol. The summed E-state index contributed by atoms with van der Waals surface area (Å²) in [6.07, 6.45) is 1.53. The predicted octanol–water partition coefficient (Wildman–Crippen LogP) is 3.38. The molecule has 5 rings (SSSR count). The Kier molecular flexibility index (Phi) is 5.37. The van der Waals surface area contributed by atoms with Gasteiger partial charge in [-0.15, -0.1) is 5.10 Å². The van der Waals surface area contributed by atoms with Crippen LogP contribution >= 0.6 is 11.6 Å². The highest BCUT2D eigenvalue weighted by Gasteiger charge is 2.18. The second-order valence-corrected chi connectivity index (χ2v) is 7.67. The molecule has 0 aliphatic carbocycles.